The molecule has 0 aliphatic heterocycles. The van der Waals surface area contributed by atoms with Gasteiger partial charge in [0.05, 0.1) is 17.5 Å². The number of nitrogens with zero attached hydrogens (tertiary/aromatic N) is 5. The molecule has 27 heavy (non-hydrogen) atoms. The van der Waals surface area contributed by atoms with Gasteiger partial charge in [0.15, 0.2) is 34.9 Å². The number of hydrogen-bond acceptors (Lipinski definition) is 5. The van der Waals surface area contributed by atoms with Gasteiger partial charge in [0, 0.05) is 12.3 Å². The Morgan fingerprint density at radius 3 is 2.22 bits per heavy atom. The Bertz CT molecular complexity index is 1020. The molecule has 0 saturated carbocycles. The number of anilines is 1. The molecule has 1 aromatic carbocycles. The second-order valence-corrected chi connectivity index (χ2v) is 5.48. The van der Waals surface area contributed by atoms with Crippen molar-refractivity contribution in [1.29, 1.82) is 0 Å². The molecule has 3 aromatic rings. The maximum atomic E-state index is 13.8. The fraction of sp³-hybridized carbons (Fsp3) is 0.125. The molecule has 2 heterocycles. The molecule has 0 spiro atoms. The summed E-state index contributed by atoms with van der Waals surface area (Å²) in [4.78, 5) is 7.87. The molecular weight excluding hydrogens is 371 g/mol. The zero-order chi connectivity index (χ0) is 19.7. The summed E-state index contributed by atoms with van der Waals surface area (Å²) in [7, 11) is 0. The molecule has 0 saturated heterocycles. The summed E-state index contributed by atoms with van der Waals surface area (Å²) in [6.45, 7) is 2.92. The Balaban J connectivity index is 1.91. The van der Waals surface area contributed by atoms with Crippen LogP contribution in [0.3, 0.4) is 0 Å². The van der Waals surface area contributed by atoms with E-state index in [4.69, 9.17) is 0 Å². The van der Waals surface area contributed by atoms with Crippen LogP contribution in [0.4, 0.5) is 27.8 Å². The highest BCUT2D eigenvalue weighted by atomic mass is 19.2. The topological polar surface area (TPSA) is 68.0 Å². The molecule has 0 fully saturated rings. The number of rotatable bonds is 4. The summed E-state index contributed by atoms with van der Waals surface area (Å²) >= 11 is 0. The molecule has 11 heteroatoms. The average molecular weight is 382 g/mol. The number of halogens is 5. The van der Waals surface area contributed by atoms with Crippen LogP contribution in [-0.4, -0.2) is 25.5 Å². The van der Waals surface area contributed by atoms with E-state index in [0.29, 0.717) is 5.82 Å². The zero-order valence-corrected chi connectivity index (χ0v) is 13.9. The van der Waals surface area contributed by atoms with E-state index in [1.165, 1.54) is 17.1 Å². The van der Waals surface area contributed by atoms with Crippen LogP contribution >= 0.6 is 0 Å². The van der Waals surface area contributed by atoms with Crippen molar-refractivity contribution >= 4 is 11.5 Å². The van der Waals surface area contributed by atoms with Gasteiger partial charge in [0.1, 0.15) is 6.33 Å². The van der Waals surface area contributed by atoms with Crippen LogP contribution in [0.25, 0.3) is 5.82 Å². The number of hydrazone groups is 1. The lowest BCUT2D eigenvalue weighted by molar-refractivity contribution is 0.377. The maximum absolute atomic E-state index is 13.8. The number of benzene rings is 1. The molecule has 0 bridgehead atoms. The van der Waals surface area contributed by atoms with Crippen LogP contribution in [0.1, 0.15) is 18.1 Å². The van der Waals surface area contributed by atoms with Crippen LogP contribution in [0.2, 0.25) is 0 Å². The highest BCUT2D eigenvalue weighted by molar-refractivity contribution is 5.99. The van der Waals surface area contributed by atoms with Crippen LogP contribution in [0.15, 0.2) is 29.9 Å². The second kappa shape index (κ2) is 7.09. The van der Waals surface area contributed by atoms with E-state index < -0.39 is 40.4 Å². The Morgan fingerprint density at radius 2 is 1.63 bits per heavy atom. The Kier molecular flexibility index (Phi) is 4.84. The van der Waals surface area contributed by atoms with E-state index in [9.17, 15) is 22.0 Å². The predicted molar refractivity (Wildman–Crippen MR) is 86.0 cm³/mol. The van der Waals surface area contributed by atoms with Crippen molar-refractivity contribution < 1.29 is 22.0 Å². The third-order valence-electron chi connectivity index (χ3n) is 3.51. The molecule has 0 aliphatic carbocycles. The normalized spacial score (nSPS) is 11.7. The van der Waals surface area contributed by atoms with Gasteiger partial charge in [-0.3, -0.25) is 5.43 Å². The van der Waals surface area contributed by atoms with Crippen molar-refractivity contribution in [3.63, 3.8) is 0 Å². The van der Waals surface area contributed by atoms with E-state index in [1.54, 1.807) is 12.4 Å². The van der Waals surface area contributed by atoms with Gasteiger partial charge in [-0.2, -0.15) is 10.2 Å². The van der Waals surface area contributed by atoms with Gasteiger partial charge in [0.25, 0.3) is 0 Å². The molecule has 0 radical (unpaired) electrons. The Morgan fingerprint density at radius 1 is 1.00 bits per heavy atom. The molecule has 2 aromatic heterocycles. The molecule has 0 aliphatic rings. The third kappa shape index (κ3) is 3.48. The summed E-state index contributed by atoms with van der Waals surface area (Å²) < 4.78 is 68.8. The Hall–Kier alpha value is -3.37. The minimum Gasteiger partial charge on any atom is -0.261 e. The zero-order valence-electron chi connectivity index (χ0n) is 13.9. The highest BCUT2D eigenvalue weighted by Crippen LogP contribution is 2.23. The molecule has 0 atom stereocenters. The van der Waals surface area contributed by atoms with Crippen molar-refractivity contribution in [3.8, 4) is 5.82 Å². The minimum atomic E-state index is -2.23. The summed E-state index contributed by atoms with van der Waals surface area (Å²) in [6.07, 6.45) is 4.51. The quantitative estimate of drug-likeness (QED) is 0.247. The third-order valence-corrected chi connectivity index (χ3v) is 3.51. The van der Waals surface area contributed by atoms with Gasteiger partial charge in [-0.05, 0) is 19.4 Å². The van der Waals surface area contributed by atoms with Crippen molar-refractivity contribution in [2.75, 3.05) is 5.43 Å². The van der Waals surface area contributed by atoms with Crippen LogP contribution in [0, 0.1) is 36.0 Å². The molecular formula is C16H11F5N6. The van der Waals surface area contributed by atoms with Gasteiger partial charge >= 0.3 is 0 Å². The lowest BCUT2D eigenvalue weighted by Gasteiger charge is -2.08. The molecule has 6 nitrogen and oxygen atoms in total. The highest BCUT2D eigenvalue weighted by Gasteiger charge is 2.27. The lowest BCUT2D eigenvalue weighted by Crippen LogP contribution is -2.12. The second-order valence-electron chi connectivity index (χ2n) is 5.48. The van der Waals surface area contributed by atoms with Crippen molar-refractivity contribution in [2.45, 2.75) is 13.8 Å². The van der Waals surface area contributed by atoms with Gasteiger partial charge in [-0.15, -0.1) is 0 Å². The lowest BCUT2D eigenvalue weighted by atomic mass is 10.1. The van der Waals surface area contributed by atoms with E-state index in [-0.39, 0.29) is 5.82 Å². The van der Waals surface area contributed by atoms with E-state index in [1.807, 2.05) is 6.92 Å². The fourth-order valence-electron chi connectivity index (χ4n) is 2.19. The summed E-state index contributed by atoms with van der Waals surface area (Å²) in [5.41, 5.74) is 1.69. The number of nitrogens with one attached hydrogen (secondary N) is 1. The predicted octanol–water partition coefficient (Wildman–Crippen LogP) is 3.50. The monoisotopic (exact) mass is 382 g/mol. The first-order chi connectivity index (χ1) is 12.8. The van der Waals surface area contributed by atoms with Gasteiger partial charge in [0.2, 0.25) is 5.82 Å². The smallest absolute Gasteiger partial charge is 0.200 e. The number of aromatic nitrogens is 4. The van der Waals surface area contributed by atoms with Crippen molar-refractivity contribution in [3.05, 3.63) is 65.0 Å². The van der Waals surface area contributed by atoms with E-state index >= 15 is 0 Å². The van der Waals surface area contributed by atoms with E-state index in [2.05, 4.69) is 25.6 Å². The molecule has 1 N–H and O–H groups in total. The van der Waals surface area contributed by atoms with E-state index in [0.717, 1.165) is 12.5 Å². The fourth-order valence-corrected chi connectivity index (χ4v) is 2.19. The van der Waals surface area contributed by atoms with Crippen molar-refractivity contribution in [2.24, 2.45) is 5.10 Å². The molecule has 0 amide bonds. The number of aryl methyl sites for hydroxylation is 1. The molecule has 140 valence electrons. The molecule has 0 unspecified atom stereocenters. The summed E-state index contributed by atoms with van der Waals surface area (Å²) in [6, 6.07) is 1.43. The van der Waals surface area contributed by atoms with Crippen LogP contribution in [-0.2, 0) is 0 Å². The first-order valence-electron chi connectivity index (χ1n) is 7.45. The first kappa shape index (κ1) is 18.4. The standard InChI is InChI=1S/C16H11F5N6/c1-7-4-24-27(5-7)10-3-9(22-6-23-10)26-25-8(2)11-12(17)14(19)16(21)15(20)13(11)18/h3-6H,1-2H3,(H,22,23,26)/b25-8-. The summed E-state index contributed by atoms with van der Waals surface area (Å²) in [5.74, 6) is -9.76. The van der Waals surface area contributed by atoms with Gasteiger partial charge in [-0.25, -0.2) is 36.6 Å². The van der Waals surface area contributed by atoms with Crippen LogP contribution < -0.4 is 5.43 Å². The number of hydrogen-bond donors (Lipinski definition) is 1. The SMILES string of the molecule is C/C(=N/Nc1cc(-n2cc(C)cn2)ncn1)c1c(F)c(F)c(F)c(F)c1F. The van der Waals surface area contributed by atoms with Crippen molar-refractivity contribution in [1.82, 2.24) is 19.7 Å². The summed E-state index contributed by atoms with van der Waals surface area (Å²) in [5, 5.41) is 7.71. The Labute approximate surface area is 149 Å². The maximum Gasteiger partial charge on any atom is 0.200 e. The minimum absolute atomic E-state index is 0.122. The first-order valence-corrected chi connectivity index (χ1v) is 7.45. The molecule has 3 rings (SSSR count). The largest absolute Gasteiger partial charge is 0.261 e. The van der Waals surface area contributed by atoms with Gasteiger partial charge in [-0.1, -0.05) is 0 Å². The van der Waals surface area contributed by atoms with Crippen LogP contribution in [0.5, 0.6) is 0 Å². The van der Waals surface area contributed by atoms with Gasteiger partial charge < -0.3 is 0 Å². The average Bonchev–Trinajstić information content (AvgIpc) is 3.10.